The van der Waals surface area contributed by atoms with Gasteiger partial charge in [-0.1, -0.05) is 0 Å². The largest absolute Gasteiger partial charge is 0.373 e. The van der Waals surface area contributed by atoms with Crippen LogP contribution in [0.2, 0.25) is 0 Å². The first-order chi connectivity index (χ1) is 10.1. The molecule has 21 heavy (non-hydrogen) atoms. The van der Waals surface area contributed by atoms with Gasteiger partial charge in [0.1, 0.15) is 0 Å². The lowest BCUT2D eigenvalue weighted by Gasteiger charge is -2.38. The molecule has 2 heterocycles. The smallest absolute Gasteiger partial charge is 0.234 e. The number of nitrogens with one attached hydrogen (secondary N) is 1. The highest BCUT2D eigenvalue weighted by Gasteiger charge is 2.31. The highest BCUT2D eigenvalue weighted by molar-refractivity contribution is 5.78. The van der Waals surface area contributed by atoms with E-state index in [0.717, 1.165) is 26.2 Å². The molecule has 1 saturated carbocycles. The lowest BCUT2D eigenvalue weighted by atomic mass is 10.1. The SMILES string of the molecule is C[C@@H]1CN(C[C@H]2CCCN2CC(=O)NC2CC2)C[C@H](C)O1. The first-order valence-electron chi connectivity index (χ1n) is 8.51. The van der Waals surface area contributed by atoms with Gasteiger partial charge in [-0.15, -0.1) is 0 Å². The second-order valence-corrected chi connectivity index (χ2v) is 7.08. The van der Waals surface area contributed by atoms with Crippen molar-refractivity contribution in [3.63, 3.8) is 0 Å². The molecule has 0 aromatic heterocycles. The molecule has 1 aliphatic carbocycles. The van der Waals surface area contributed by atoms with Crippen LogP contribution >= 0.6 is 0 Å². The van der Waals surface area contributed by atoms with Crippen molar-refractivity contribution in [3.8, 4) is 0 Å². The van der Waals surface area contributed by atoms with E-state index in [1.54, 1.807) is 0 Å². The zero-order chi connectivity index (χ0) is 14.8. The van der Waals surface area contributed by atoms with E-state index in [2.05, 4.69) is 29.0 Å². The van der Waals surface area contributed by atoms with Crippen LogP contribution in [0.4, 0.5) is 0 Å². The number of morpholine rings is 1. The maximum absolute atomic E-state index is 12.0. The molecule has 3 atom stereocenters. The Kier molecular flexibility index (Phi) is 4.82. The van der Waals surface area contributed by atoms with Gasteiger partial charge in [0.2, 0.25) is 5.91 Å². The van der Waals surface area contributed by atoms with E-state index in [0.29, 0.717) is 30.8 Å². The van der Waals surface area contributed by atoms with Crippen LogP contribution in [0.5, 0.6) is 0 Å². The average molecular weight is 295 g/mol. The van der Waals surface area contributed by atoms with Gasteiger partial charge in [-0.2, -0.15) is 0 Å². The van der Waals surface area contributed by atoms with Crippen LogP contribution in [0.15, 0.2) is 0 Å². The van der Waals surface area contributed by atoms with Crippen LogP contribution in [0, 0.1) is 0 Å². The van der Waals surface area contributed by atoms with Crippen molar-refractivity contribution < 1.29 is 9.53 Å². The normalized spacial score (nSPS) is 35.0. The summed E-state index contributed by atoms with van der Waals surface area (Å²) < 4.78 is 5.80. The lowest BCUT2D eigenvalue weighted by molar-refractivity contribution is -0.123. The second-order valence-electron chi connectivity index (χ2n) is 7.08. The monoisotopic (exact) mass is 295 g/mol. The topological polar surface area (TPSA) is 44.8 Å². The van der Waals surface area contributed by atoms with Gasteiger partial charge in [0.15, 0.2) is 0 Å². The second kappa shape index (κ2) is 6.63. The molecule has 0 bridgehead atoms. The van der Waals surface area contributed by atoms with Crippen LogP contribution in [-0.4, -0.2) is 72.7 Å². The third kappa shape index (κ3) is 4.41. The highest BCUT2D eigenvalue weighted by atomic mass is 16.5. The Bertz CT molecular complexity index is 363. The summed E-state index contributed by atoms with van der Waals surface area (Å²) in [6.07, 6.45) is 5.41. The van der Waals surface area contributed by atoms with Crippen molar-refractivity contribution >= 4 is 5.91 Å². The van der Waals surface area contributed by atoms with Gasteiger partial charge >= 0.3 is 0 Å². The molecule has 0 aromatic carbocycles. The molecule has 120 valence electrons. The summed E-state index contributed by atoms with van der Waals surface area (Å²) >= 11 is 0. The minimum atomic E-state index is 0.216. The van der Waals surface area contributed by atoms with Gasteiger partial charge < -0.3 is 10.1 Å². The van der Waals surface area contributed by atoms with Crippen molar-refractivity contribution in [1.29, 1.82) is 0 Å². The van der Waals surface area contributed by atoms with Crippen LogP contribution in [0.1, 0.15) is 39.5 Å². The van der Waals surface area contributed by atoms with E-state index in [1.807, 2.05) is 0 Å². The van der Waals surface area contributed by atoms with Gasteiger partial charge in [0.05, 0.1) is 18.8 Å². The molecule has 5 heteroatoms. The van der Waals surface area contributed by atoms with E-state index in [1.165, 1.54) is 25.7 Å². The quantitative estimate of drug-likeness (QED) is 0.816. The van der Waals surface area contributed by atoms with E-state index >= 15 is 0 Å². The number of carbonyl (C=O) groups is 1. The maximum atomic E-state index is 12.0. The van der Waals surface area contributed by atoms with Crippen molar-refractivity contribution in [2.24, 2.45) is 0 Å². The first kappa shape index (κ1) is 15.3. The molecule has 3 aliphatic rings. The molecule has 0 radical (unpaired) electrons. The fourth-order valence-electron chi connectivity index (χ4n) is 3.73. The first-order valence-corrected chi connectivity index (χ1v) is 8.51. The minimum absolute atomic E-state index is 0.216. The number of nitrogens with zero attached hydrogens (tertiary/aromatic N) is 2. The number of likely N-dealkylation sites (tertiary alicyclic amines) is 1. The molecule has 3 fully saturated rings. The maximum Gasteiger partial charge on any atom is 0.234 e. The van der Waals surface area contributed by atoms with Gasteiger partial charge in [0.25, 0.3) is 0 Å². The highest BCUT2D eigenvalue weighted by Crippen LogP contribution is 2.21. The predicted molar refractivity (Wildman–Crippen MR) is 82.2 cm³/mol. The zero-order valence-corrected chi connectivity index (χ0v) is 13.4. The Morgan fingerprint density at radius 1 is 1.19 bits per heavy atom. The van der Waals surface area contributed by atoms with Crippen molar-refractivity contribution in [1.82, 2.24) is 15.1 Å². The number of amides is 1. The summed E-state index contributed by atoms with van der Waals surface area (Å²) in [6.45, 7) is 9.06. The fraction of sp³-hybridized carbons (Fsp3) is 0.938. The third-order valence-electron chi connectivity index (χ3n) is 4.75. The van der Waals surface area contributed by atoms with Crippen LogP contribution in [0.3, 0.4) is 0 Å². The molecule has 5 nitrogen and oxygen atoms in total. The summed E-state index contributed by atoms with van der Waals surface area (Å²) in [4.78, 5) is 16.9. The van der Waals surface area contributed by atoms with E-state index in [4.69, 9.17) is 4.74 Å². The molecular weight excluding hydrogens is 266 g/mol. The number of rotatable bonds is 5. The Balaban J connectivity index is 1.47. The molecule has 0 aromatic rings. The van der Waals surface area contributed by atoms with Crippen LogP contribution in [-0.2, 0) is 9.53 Å². The minimum Gasteiger partial charge on any atom is -0.373 e. The zero-order valence-electron chi connectivity index (χ0n) is 13.4. The van der Waals surface area contributed by atoms with Crippen molar-refractivity contribution in [3.05, 3.63) is 0 Å². The van der Waals surface area contributed by atoms with Gasteiger partial charge in [-0.05, 0) is 46.1 Å². The Labute approximate surface area is 128 Å². The molecule has 2 saturated heterocycles. The third-order valence-corrected chi connectivity index (χ3v) is 4.75. The van der Waals surface area contributed by atoms with Gasteiger partial charge in [-0.3, -0.25) is 14.6 Å². The van der Waals surface area contributed by atoms with Crippen molar-refractivity contribution in [2.75, 3.05) is 32.7 Å². The summed E-state index contributed by atoms with van der Waals surface area (Å²) in [5, 5.41) is 3.10. The Morgan fingerprint density at radius 2 is 1.90 bits per heavy atom. The fourth-order valence-corrected chi connectivity index (χ4v) is 3.73. The summed E-state index contributed by atoms with van der Waals surface area (Å²) in [5.41, 5.74) is 0. The van der Waals surface area contributed by atoms with Crippen LogP contribution in [0.25, 0.3) is 0 Å². The molecule has 1 N–H and O–H groups in total. The summed E-state index contributed by atoms with van der Waals surface area (Å²) in [5.74, 6) is 0.216. The standard InChI is InChI=1S/C16H29N3O2/c1-12-8-18(9-13(2)21-12)10-15-4-3-7-19(15)11-16(20)17-14-5-6-14/h12-15H,3-11H2,1-2H3,(H,17,20)/t12-,13+,15-/m1/s1. The Hall–Kier alpha value is -0.650. The number of hydrogen-bond acceptors (Lipinski definition) is 4. The molecule has 2 aliphatic heterocycles. The van der Waals surface area contributed by atoms with Gasteiger partial charge in [0, 0.05) is 31.7 Å². The van der Waals surface area contributed by atoms with E-state index in [-0.39, 0.29) is 5.91 Å². The van der Waals surface area contributed by atoms with E-state index in [9.17, 15) is 4.79 Å². The van der Waals surface area contributed by atoms with Crippen LogP contribution < -0.4 is 5.32 Å². The summed E-state index contributed by atoms with van der Waals surface area (Å²) in [7, 11) is 0. The average Bonchev–Trinajstić information content (AvgIpc) is 3.09. The van der Waals surface area contributed by atoms with E-state index < -0.39 is 0 Å². The number of ether oxygens (including phenoxy) is 1. The lowest BCUT2D eigenvalue weighted by Crippen LogP contribution is -2.51. The molecule has 0 unspecified atom stereocenters. The molecule has 1 amide bonds. The molecular formula is C16H29N3O2. The summed E-state index contributed by atoms with van der Waals surface area (Å²) in [6, 6.07) is 1.01. The van der Waals surface area contributed by atoms with Crippen molar-refractivity contribution in [2.45, 2.75) is 63.8 Å². The molecule has 0 spiro atoms. The number of hydrogen-bond donors (Lipinski definition) is 1. The predicted octanol–water partition coefficient (Wildman–Crippen LogP) is 0.839. The van der Waals surface area contributed by atoms with Gasteiger partial charge in [-0.25, -0.2) is 0 Å². The number of carbonyl (C=O) groups excluding carboxylic acids is 1. The Morgan fingerprint density at radius 3 is 2.57 bits per heavy atom. The molecule has 3 rings (SSSR count).